The summed E-state index contributed by atoms with van der Waals surface area (Å²) in [5, 5.41) is 13.7. The first-order valence-electron chi connectivity index (χ1n) is 8.32. The number of nitrogens with zero attached hydrogens (tertiary/aromatic N) is 3. The molecule has 1 atom stereocenters. The van der Waals surface area contributed by atoms with Crippen LogP contribution < -0.4 is 15.2 Å². The minimum absolute atomic E-state index is 0.163. The number of aliphatic hydroxyl groups is 1. The van der Waals surface area contributed by atoms with Gasteiger partial charge in [0.1, 0.15) is 17.7 Å². The molecule has 142 valence electrons. The second-order valence-electron chi connectivity index (χ2n) is 6.04. The molecule has 2 aromatic heterocycles. The fourth-order valence-corrected chi connectivity index (χ4v) is 2.87. The predicted octanol–water partition coefficient (Wildman–Crippen LogP) is 2.84. The molecular weight excluding hydrogens is 351 g/mol. The Bertz CT molecular complexity index is 958. The van der Waals surface area contributed by atoms with Crippen molar-refractivity contribution in [3.05, 3.63) is 53.7 Å². The van der Waals surface area contributed by atoms with Gasteiger partial charge in [-0.1, -0.05) is 0 Å². The Kier molecular flexibility index (Phi) is 5.27. The molecule has 0 radical (unpaired) electrons. The summed E-state index contributed by atoms with van der Waals surface area (Å²) in [5.41, 5.74) is 8.59. The quantitative estimate of drug-likeness (QED) is 0.691. The van der Waals surface area contributed by atoms with Crippen molar-refractivity contribution in [3.63, 3.8) is 0 Å². The number of halogens is 1. The van der Waals surface area contributed by atoms with Gasteiger partial charge in [-0.15, -0.1) is 0 Å². The van der Waals surface area contributed by atoms with Crippen molar-refractivity contribution in [2.45, 2.75) is 19.6 Å². The highest BCUT2D eigenvalue weighted by Gasteiger charge is 2.18. The molecule has 8 heteroatoms. The molecule has 0 fully saturated rings. The number of rotatable bonds is 6. The number of ether oxygens (including phenoxy) is 2. The lowest BCUT2D eigenvalue weighted by atomic mass is 10.1. The Balaban J connectivity index is 1.95. The zero-order valence-electron chi connectivity index (χ0n) is 15.3. The molecule has 2 heterocycles. The topological polar surface area (TPSA) is 95.4 Å². The Morgan fingerprint density at radius 3 is 2.74 bits per heavy atom. The maximum absolute atomic E-state index is 13.7. The molecule has 0 aliphatic rings. The third-order valence-electron chi connectivity index (χ3n) is 4.34. The largest absolute Gasteiger partial charge is 0.496 e. The summed E-state index contributed by atoms with van der Waals surface area (Å²) in [4.78, 5) is 4.18. The molecule has 3 N–H and O–H groups in total. The molecule has 1 aromatic carbocycles. The Morgan fingerprint density at radius 1 is 1.26 bits per heavy atom. The van der Waals surface area contributed by atoms with Gasteiger partial charge in [-0.2, -0.15) is 5.10 Å². The Labute approximate surface area is 156 Å². The van der Waals surface area contributed by atoms with E-state index in [1.54, 1.807) is 43.2 Å². The zero-order valence-corrected chi connectivity index (χ0v) is 15.3. The van der Waals surface area contributed by atoms with E-state index in [1.165, 1.54) is 19.2 Å². The van der Waals surface area contributed by atoms with Crippen LogP contribution in [0.4, 0.5) is 10.2 Å². The van der Waals surface area contributed by atoms with E-state index in [4.69, 9.17) is 15.2 Å². The average molecular weight is 372 g/mol. The number of anilines is 1. The van der Waals surface area contributed by atoms with Crippen molar-refractivity contribution < 1.29 is 19.0 Å². The summed E-state index contributed by atoms with van der Waals surface area (Å²) >= 11 is 0. The van der Waals surface area contributed by atoms with Crippen LogP contribution in [0.5, 0.6) is 11.5 Å². The van der Waals surface area contributed by atoms with E-state index in [0.717, 1.165) is 5.56 Å². The summed E-state index contributed by atoms with van der Waals surface area (Å²) in [6.45, 7) is 1.61. The van der Waals surface area contributed by atoms with Gasteiger partial charge in [0.2, 0.25) is 0 Å². The summed E-state index contributed by atoms with van der Waals surface area (Å²) < 4.78 is 26.5. The molecule has 0 amide bonds. The third-order valence-corrected chi connectivity index (χ3v) is 4.34. The van der Waals surface area contributed by atoms with Crippen LogP contribution in [0.15, 0.2) is 36.7 Å². The molecule has 0 saturated carbocycles. The van der Waals surface area contributed by atoms with Crippen LogP contribution in [0.25, 0.3) is 11.1 Å². The van der Waals surface area contributed by atoms with E-state index in [-0.39, 0.29) is 18.2 Å². The summed E-state index contributed by atoms with van der Waals surface area (Å²) in [5.74, 6) is 0.680. The van der Waals surface area contributed by atoms with Crippen LogP contribution in [-0.4, -0.2) is 27.0 Å². The van der Waals surface area contributed by atoms with E-state index in [0.29, 0.717) is 28.3 Å². The molecule has 0 aliphatic carbocycles. The number of nitrogen functional groups attached to an aromatic ring is 1. The minimum Gasteiger partial charge on any atom is -0.496 e. The molecule has 0 bridgehead atoms. The van der Waals surface area contributed by atoms with Crippen molar-refractivity contribution in [1.82, 2.24) is 14.8 Å². The van der Waals surface area contributed by atoms with Crippen LogP contribution in [-0.2, 0) is 13.7 Å². The molecule has 3 aromatic rings. The van der Waals surface area contributed by atoms with E-state index in [2.05, 4.69) is 10.1 Å². The lowest BCUT2D eigenvalue weighted by Crippen LogP contribution is -2.08. The van der Waals surface area contributed by atoms with Crippen LogP contribution in [0.2, 0.25) is 0 Å². The molecular formula is C19H21FN4O3. The van der Waals surface area contributed by atoms with Crippen molar-refractivity contribution in [1.29, 1.82) is 0 Å². The van der Waals surface area contributed by atoms with E-state index in [9.17, 15) is 9.50 Å². The van der Waals surface area contributed by atoms with E-state index < -0.39 is 6.10 Å². The fourth-order valence-electron chi connectivity index (χ4n) is 2.87. The normalized spacial score (nSPS) is 12.0. The van der Waals surface area contributed by atoms with Crippen LogP contribution in [0.3, 0.4) is 0 Å². The zero-order chi connectivity index (χ0) is 19.6. The molecule has 1 unspecified atom stereocenters. The van der Waals surface area contributed by atoms with Crippen molar-refractivity contribution in [2.24, 2.45) is 7.05 Å². The first kappa shape index (κ1) is 18.7. The van der Waals surface area contributed by atoms with Gasteiger partial charge < -0.3 is 20.3 Å². The van der Waals surface area contributed by atoms with Gasteiger partial charge in [0, 0.05) is 29.9 Å². The summed E-state index contributed by atoms with van der Waals surface area (Å²) in [6.07, 6.45) is 2.70. The van der Waals surface area contributed by atoms with Gasteiger partial charge in [-0.05, 0) is 31.2 Å². The minimum atomic E-state index is -0.527. The number of hydrogen-bond acceptors (Lipinski definition) is 6. The lowest BCUT2D eigenvalue weighted by Gasteiger charge is -2.19. The van der Waals surface area contributed by atoms with Crippen molar-refractivity contribution >= 4 is 5.82 Å². The standard InChI is InChI=1S/C19H21FN4O3/c1-11(14-7-13(20)4-5-17(14)26-3)27-18-6-12(8-22-19(18)21)15-9-23-24(2)16(15)10-25/h4-9,11,25H,10H2,1-3H3,(H2,21,22). The number of benzene rings is 1. The Morgan fingerprint density at radius 2 is 2.04 bits per heavy atom. The van der Waals surface area contributed by atoms with Crippen LogP contribution in [0.1, 0.15) is 24.3 Å². The third kappa shape index (κ3) is 3.70. The number of methoxy groups -OCH3 is 1. The number of aliphatic hydroxyl groups excluding tert-OH is 1. The predicted molar refractivity (Wildman–Crippen MR) is 98.8 cm³/mol. The van der Waals surface area contributed by atoms with E-state index in [1.807, 2.05) is 0 Å². The highest BCUT2D eigenvalue weighted by molar-refractivity contribution is 5.68. The maximum Gasteiger partial charge on any atom is 0.166 e. The maximum atomic E-state index is 13.7. The number of hydrogen-bond donors (Lipinski definition) is 2. The monoisotopic (exact) mass is 372 g/mol. The van der Waals surface area contributed by atoms with Crippen LogP contribution >= 0.6 is 0 Å². The van der Waals surface area contributed by atoms with E-state index >= 15 is 0 Å². The molecule has 0 saturated heterocycles. The smallest absolute Gasteiger partial charge is 0.166 e. The van der Waals surface area contributed by atoms with Gasteiger partial charge in [0.05, 0.1) is 25.6 Å². The highest BCUT2D eigenvalue weighted by atomic mass is 19.1. The van der Waals surface area contributed by atoms with Gasteiger partial charge >= 0.3 is 0 Å². The first-order valence-corrected chi connectivity index (χ1v) is 8.32. The van der Waals surface area contributed by atoms with Gasteiger partial charge in [-0.3, -0.25) is 4.68 Å². The van der Waals surface area contributed by atoms with Crippen molar-refractivity contribution in [3.8, 4) is 22.6 Å². The molecule has 27 heavy (non-hydrogen) atoms. The lowest BCUT2D eigenvalue weighted by molar-refractivity contribution is 0.221. The summed E-state index contributed by atoms with van der Waals surface area (Å²) in [6, 6.07) is 5.96. The molecule has 7 nitrogen and oxygen atoms in total. The SMILES string of the molecule is COc1ccc(F)cc1C(C)Oc1cc(-c2cnn(C)c2CO)cnc1N. The molecule has 0 aliphatic heterocycles. The number of aryl methyl sites for hydroxylation is 1. The Hall–Kier alpha value is -3.13. The molecule has 0 spiro atoms. The fraction of sp³-hybridized carbons (Fsp3) is 0.263. The van der Waals surface area contributed by atoms with Gasteiger partial charge in [0.15, 0.2) is 11.6 Å². The second-order valence-corrected chi connectivity index (χ2v) is 6.04. The molecule has 3 rings (SSSR count). The van der Waals surface area contributed by atoms with Crippen molar-refractivity contribution in [2.75, 3.05) is 12.8 Å². The highest BCUT2D eigenvalue weighted by Crippen LogP contribution is 2.34. The number of nitrogens with two attached hydrogens (primary N) is 1. The first-order chi connectivity index (χ1) is 12.9. The number of aromatic nitrogens is 3. The second kappa shape index (κ2) is 7.63. The van der Waals surface area contributed by atoms with Gasteiger partial charge in [-0.25, -0.2) is 9.37 Å². The number of pyridine rings is 1. The van der Waals surface area contributed by atoms with Crippen LogP contribution in [0, 0.1) is 5.82 Å². The average Bonchev–Trinajstić information content (AvgIpc) is 3.04. The van der Waals surface area contributed by atoms with Gasteiger partial charge in [0.25, 0.3) is 0 Å². The summed E-state index contributed by atoms with van der Waals surface area (Å²) in [7, 11) is 3.26.